The standard InChI is InChI=1S/C20H23N3O2/c1-12(2)17(21)19(24)22-18-15-10-5-4-8-13(15)14-9-6-7-11-16(14)23(3)20(18)25/h4-12,17-18H,21H2,1-3H3,(H,22,24)/t17-,18+/m0/s1. The highest BCUT2D eigenvalue weighted by Crippen LogP contribution is 2.39. The van der Waals surface area contributed by atoms with Crippen molar-refractivity contribution in [3.05, 3.63) is 54.1 Å². The van der Waals surface area contributed by atoms with Gasteiger partial charge in [-0.2, -0.15) is 0 Å². The molecule has 0 unspecified atom stereocenters. The molecule has 0 aromatic heterocycles. The van der Waals surface area contributed by atoms with Crippen LogP contribution in [0.3, 0.4) is 0 Å². The summed E-state index contributed by atoms with van der Waals surface area (Å²) < 4.78 is 0. The molecule has 0 bridgehead atoms. The van der Waals surface area contributed by atoms with Gasteiger partial charge >= 0.3 is 0 Å². The fourth-order valence-corrected chi connectivity index (χ4v) is 3.11. The molecule has 3 N–H and O–H groups in total. The number of amides is 2. The Morgan fingerprint density at radius 1 is 1.08 bits per heavy atom. The first-order valence-corrected chi connectivity index (χ1v) is 8.43. The van der Waals surface area contributed by atoms with Crippen molar-refractivity contribution in [2.45, 2.75) is 25.9 Å². The molecular weight excluding hydrogens is 314 g/mol. The van der Waals surface area contributed by atoms with Gasteiger partial charge < -0.3 is 16.0 Å². The molecule has 2 atom stereocenters. The predicted molar refractivity (Wildman–Crippen MR) is 99.0 cm³/mol. The first-order chi connectivity index (χ1) is 11.9. The van der Waals surface area contributed by atoms with Gasteiger partial charge in [0.25, 0.3) is 5.91 Å². The number of nitrogens with zero attached hydrogens (tertiary/aromatic N) is 1. The highest BCUT2D eigenvalue weighted by Gasteiger charge is 2.34. The van der Waals surface area contributed by atoms with Gasteiger partial charge in [0.1, 0.15) is 6.04 Å². The molecule has 2 amide bonds. The number of para-hydroxylation sites is 1. The summed E-state index contributed by atoms with van der Waals surface area (Å²) in [6.07, 6.45) is 0. The van der Waals surface area contributed by atoms with E-state index in [2.05, 4.69) is 5.32 Å². The molecule has 130 valence electrons. The van der Waals surface area contributed by atoms with Crippen LogP contribution in [0, 0.1) is 5.92 Å². The topological polar surface area (TPSA) is 75.4 Å². The van der Waals surface area contributed by atoms with E-state index in [9.17, 15) is 9.59 Å². The van der Waals surface area contributed by atoms with Crippen LogP contribution >= 0.6 is 0 Å². The van der Waals surface area contributed by atoms with Crippen molar-refractivity contribution in [1.82, 2.24) is 5.32 Å². The Kier molecular flexibility index (Phi) is 4.59. The molecule has 25 heavy (non-hydrogen) atoms. The number of nitrogens with two attached hydrogens (primary N) is 1. The molecule has 1 heterocycles. The second kappa shape index (κ2) is 6.69. The minimum absolute atomic E-state index is 0.00829. The van der Waals surface area contributed by atoms with Gasteiger partial charge in [-0.05, 0) is 23.1 Å². The monoisotopic (exact) mass is 337 g/mol. The van der Waals surface area contributed by atoms with Gasteiger partial charge in [-0.1, -0.05) is 56.3 Å². The van der Waals surface area contributed by atoms with E-state index >= 15 is 0 Å². The Labute approximate surface area is 147 Å². The number of hydrogen-bond acceptors (Lipinski definition) is 3. The fourth-order valence-electron chi connectivity index (χ4n) is 3.11. The Morgan fingerprint density at radius 3 is 2.36 bits per heavy atom. The van der Waals surface area contributed by atoms with Gasteiger partial charge in [-0.25, -0.2) is 0 Å². The number of carbonyl (C=O) groups excluding carboxylic acids is 2. The van der Waals surface area contributed by atoms with E-state index in [1.807, 2.05) is 62.4 Å². The van der Waals surface area contributed by atoms with E-state index < -0.39 is 12.1 Å². The number of hydrogen-bond donors (Lipinski definition) is 2. The van der Waals surface area contributed by atoms with Crippen molar-refractivity contribution in [3.63, 3.8) is 0 Å². The number of fused-ring (bicyclic) bond motifs is 3. The van der Waals surface area contributed by atoms with Crippen molar-refractivity contribution in [1.29, 1.82) is 0 Å². The number of rotatable bonds is 3. The van der Waals surface area contributed by atoms with Crippen LogP contribution in [0.25, 0.3) is 11.1 Å². The third-order valence-corrected chi connectivity index (χ3v) is 4.71. The molecule has 1 aliphatic rings. The third-order valence-electron chi connectivity index (χ3n) is 4.71. The smallest absolute Gasteiger partial charge is 0.253 e. The van der Waals surface area contributed by atoms with Crippen LogP contribution in [-0.2, 0) is 9.59 Å². The summed E-state index contributed by atoms with van der Waals surface area (Å²) in [5, 5.41) is 2.86. The van der Waals surface area contributed by atoms with Crippen LogP contribution in [0.4, 0.5) is 5.69 Å². The summed E-state index contributed by atoms with van der Waals surface area (Å²) in [4.78, 5) is 27.2. The van der Waals surface area contributed by atoms with E-state index in [0.717, 1.165) is 22.4 Å². The average molecular weight is 337 g/mol. The Hall–Kier alpha value is -2.66. The zero-order chi connectivity index (χ0) is 18.1. The molecule has 0 saturated heterocycles. The van der Waals surface area contributed by atoms with Crippen LogP contribution in [-0.4, -0.2) is 24.9 Å². The quantitative estimate of drug-likeness (QED) is 0.903. The minimum Gasteiger partial charge on any atom is -0.339 e. The highest BCUT2D eigenvalue weighted by atomic mass is 16.2. The lowest BCUT2D eigenvalue weighted by atomic mass is 9.95. The normalized spacial score (nSPS) is 17.6. The first-order valence-electron chi connectivity index (χ1n) is 8.43. The molecule has 0 aliphatic carbocycles. The third kappa shape index (κ3) is 3.03. The number of nitrogens with one attached hydrogen (secondary N) is 1. The number of carbonyl (C=O) groups is 2. The van der Waals surface area contributed by atoms with Gasteiger partial charge in [0, 0.05) is 12.6 Å². The van der Waals surface area contributed by atoms with Crippen LogP contribution in [0.5, 0.6) is 0 Å². The summed E-state index contributed by atoms with van der Waals surface area (Å²) in [7, 11) is 1.73. The van der Waals surface area contributed by atoms with Crippen LogP contribution in [0.1, 0.15) is 25.5 Å². The molecule has 3 rings (SSSR count). The molecule has 5 nitrogen and oxygen atoms in total. The second-order valence-electron chi connectivity index (χ2n) is 6.71. The maximum Gasteiger partial charge on any atom is 0.253 e. The minimum atomic E-state index is -0.758. The van der Waals surface area contributed by atoms with Gasteiger partial charge in [-0.15, -0.1) is 0 Å². The Balaban J connectivity index is 2.09. The second-order valence-corrected chi connectivity index (χ2v) is 6.71. The van der Waals surface area contributed by atoms with Gasteiger partial charge in [0.05, 0.1) is 11.7 Å². The Morgan fingerprint density at radius 2 is 1.68 bits per heavy atom. The average Bonchev–Trinajstić information content (AvgIpc) is 2.71. The van der Waals surface area contributed by atoms with Crippen LogP contribution in [0.15, 0.2) is 48.5 Å². The van der Waals surface area contributed by atoms with E-state index in [1.54, 1.807) is 11.9 Å². The van der Waals surface area contributed by atoms with Gasteiger partial charge in [-0.3, -0.25) is 9.59 Å². The fraction of sp³-hybridized carbons (Fsp3) is 0.300. The molecule has 0 radical (unpaired) electrons. The van der Waals surface area contributed by atoms with Crippen molar-refractivity contribution < 1.29 is 9.59 Å². The van der Waals surface area contributed by atoms with Gasteiger partial charge in [0.2, 0.25) is 5.91 Å². The number of benzene rings is 2. The lowest BCUT2D eigenvalue weighted by Crippen LogP contribution is -2.48. The lowest BCUT2D eigenvalue weighted by Gasteiger charge is -2.25. The summed E-state index contributed by atoms with van der Waals surface area (Å²) >= 11 is 0. The van der Waals surface area contributed by atoms with Crippen molar-refractivity contribution in [3.8, 4) is 11.1 Å². The highest BCUT2D eigenvalue weighted by molar-refractivity contribution is 6.06. The molecule has 1 aliphatic heterocycles. The van der Waals surface area contributed by atoms with Crippen molar-refractivity contribution in [2.24, 2.45) is 11.7 Å². The summed E-state index contributed by atoms with van der Waals surface area (Å²) in [5.41, 5.74) is 9.49. The van der Waals surface area contributed by atoms with Crippen LogP contribution in [0.2, 0.25) is 0 Å². The molecule has 0 fully saturated rings. The maximum absolute atomic E-state index is 13.1. The summed E-state index contributed by atoms with van der Waals surface area (Å²) in [6.45, 7) is 3.77. The predicted octanol–water partition coefficient (Wildman–Crippen LogP) is 2.47. The molecular formula is C20H23N3O2. The molecule has 2 aromatic rings. The largest absolute Gasteiger partial charge is 0.339 e. The molecule has 2 aromatic carbocycles. The van der Waals surface area contributed by atoms with E-state index in [0.29, 0.717) is 0 Å². The lowest BCUT2D eigenvalue weighted by molar-refractivity contribution is -0.128. The van der Waals surface area contributed by atoms with E-state index in [-0.39, 0.29) is 17.7 Å². The van der Waals surface area contributed by atoms with Gasteiger partial charge in [0.15, 0.2) is 0 Å². The maximum atomic E-state index is 13.1. The van der Waals surface area contributed by atoms with Crippen LogP contribution < -0.4 is 16.0 Å². The SMILES string of the molecule is CC(C)[C@H](N)C(=O)N[C@H]1C(=O)N(C)c2ccccc2-c2ccccc21. The number of likely N-dealkylation sites (N-methyl/N-ethyl adjacent to an activating group) is 1. The number of anilines is 1. The molecule has 5 heteroatoms. The summed E-state index contributed by atoms with van der Waals surface area (Å²) in [5.74, 6) is -0.504. The van der Waals surface area contributed by atoms with Crippen molar-refractivity contribution >= 4 is 17.5 Å². The Bertz CT molecular complexity index is 816. The van der Waals surface area contributed by atoms with E-state index in [1.165, 1.54) is 0 Å². The van der Waals surface area contributed by atoms with Crippen molar-refractivity contribution in [2.75, 3.05) is 11.9 Å². The zero-order valence-corrected chi connectivity index (χ0v) is 14.7. The molecule has 0 spiro atoms. The zero-order valence-electron chi connectivity index (χ0n) is 14.7. The first kappa shape index (κ1) is 17.2. The van der Waals surface area contributed by atoms with E-state index in [4.69, 9.17) is 5.73 Å². The molecule has 0 saturated carbocycles. The summed E-state index contributed by atoms with van der Waals surface area (Å²) in [6, 6.07) is 14.0.